The van der Waals surface area contributed by atoms with E-state index in [0.29, 0.717) is 32.1 Å². The largest absolute Gasteiger partial charge is 0.481 e. The average molecular weight is 248 g/mol. The summed E-state index contributed by atoms with van der Waals surface area (Å²) in [5, 5.41) is 19.0. The molecule has 1 aromatic rings. The minimum atomic E-state index is -0.703. The number of benzene rings is 1. The second-order valence-corrected chi connectivity index (χ2v) is 5.30. The Morgan fingerprint density at radius 1 is 1.22 bits per heavy atom. The van der Waals surface area contributed by atoms with Gasteiger partial charge in [-0.25, -0.2) is 0 Å². The molecule has 1 saturated carbocycles. The van der Waals surface area contributed by atoms with E-state index in [1.54, 1.807) is 0 Å². The van der Waals surface area contributed by atoms with Crippen molar-refractivity contribution in [3.8, 4) is 0 Å². The van der Waals surface area contributed by atoms with Crippen LogP contribution in [0, 0.1) is 5.41 Å². The number of hydrogen-bond acceptors (Lipinski definition) is 2. The lowest BCUT2D eigenvalue weighted by molar-refractivity contribution is -0.152. The fourth-order valence-electron chi connectivity index (χ4n) is 2.75. The SMILES string of the molecule is O=C(O)C1(CCc2ccccc2)CCC(O)CC1. The summed E-state index contributed by atoms with van der Waals surface area (Å²) in [6.45, 7) is 0. The van der Waals surface area contributed by atoms with Gasteiger partial charge in [0.05, 0.1) is 11.5 Å². The van der Waals surface area contributed by atoms with Crippen molar-refractivity contribution in [1.29, 1.82) is 0 Å². The predicted molar refractivity (Wildman–Crippen MR) is 69.3 cm³/mol. The van der Waals surface area contributed by atoms with E-state index in [-0.39, 0.29) is 6.10 Å². The van der Waals surface area contributed by atoms with E-state index >= 15 is 0 Å². The van der Waals surface area contributed by atoms with E-state index in [2.05, 4.69) is 0 Å². The Bertz CT molecular complexity index is 391. The van der Waals surface area contributed by atoms with Crippen LogP contribution in [0.3, 0.4) is 0 Å². The monoisotopic (exact) mass is 248 g/mol. The lowest BCUT2D eigenvalue weighted by Crippen LogP contribution is -2.37. The van der Waals surface area contributed by atoms with Crippen LogP contribution in [0.15, 0.2) is 30.3 Å². The highest BCUT2D eigenvalue weighted by molar-refractivity contribution is 5.74. The normalized spacial score (nSPS) is 27.9. The summed E-state index contributed by atoms with van der Waals surface area (Å²) in [7, 11) is 0. The number of carboxylic acids is 1. The van der Waals surface area contributed by atoms with Gasteiger partial charge in [-0.1, -0.05) is 30.3 Å². The van der Waals surface area contributed by atoms with Crippen LogP contribution in [0.4, 0.5) is 0 Å². The summed E-state index contributed by atoms with van der Waals surface area (Å²) >= 11 is 0. The van der Waals surface area contributed by atoms with E-state index in [4.69, 9.17) is 0 Å². The first-order chi connectivity index (χ1) is 8.62. The third-order valence-electron chi connectivity index (χ3n) is 4.10. The lowest BCUT2D eigenvalue weighted by atomic mass is 9.70. The molecule has 1 fully saturated rings. The maximum Gasteiger partial charge on any atom is 0.309 e. The molecule has 0 unspecified atom stereocenters. The van der Waals surface area contributed by atoms with Crippen LogP contribution in [0.2, 0.25) is 0 Å². The summed E-state index contributed by atoms with van der Waals surface area (Å²) in [5.74, 6) is -0.703. The van der Waals surface area contributed by atoms with Crippen LogP contribution < -0.4 is 0 Å². The molecule has 0 amide bonds. The Morgan fingerprint density at radius 2 is 1.83 bits per heavy atom. The van der Waals surface area contributed by atoms with Gasteiger partial charge in [-0.2, -0.15) is 0 Å². The second kappa shape index (κ2) is 5.53. The van der Waals surface area contributed by atoms with Crippen LogP contribution in [0.1, 0.15) is 37.7 Å². The van der Waals surface area contributed by atoms with Crippen molar-refractivity contribution in [2.24, 2.45) is 5.41 Å². The molecule has 1 aliphatic carbocycles. The van der Waals surface area contributed by atoms with E-state index in [1.165, 1.54) is 5.56 Å². The highest BCUT2D eigenvalue weighted by Gasteiger charge is 2.41. The fraction of sp³-hybridized carbons (Fsp3) is 0.533. The zero-order chi connectivity index (χ0) is 13.0. The van der Waals surface area contributed by atoms with Gasteiger partial charge in [0.2, 0.25) is 0 Å². The Kier molecular flexibility index (Phi) is 4.02. The van der Waals surface area contributed by atoms with Gasteiger partial charge in [-0.05, 0) is 44.1 Å². The zero-order valence-corrected chi connectivity index (χ0v) is 10.5. The minimum absolute atomic E-state index is 0.311. The molecule has 0 bridgehead atoms. The van der Waals surface area contributed by atoms with E-state index < -0.39 is 11.4 Å². The molecule has 2 rings (SSSR count). The Labute approximate surface area is 107 Å². The van der Waals surface area contributed by atoms with Crippen molar-refractivity contribution in [2.75, 3.05) is 0 Å². The molecule has 0 saturated heterocycles. The molecule has 0 spiro atoms. The van der Waals surface area contributed by atoms with Gasteiger partial charge >= 0.3 is 5.97 Å². The van der Waals surface area contributed by atoms with Gasteiger partial charge < -0.3 is 10.2 Å². The second-order valence-electron chi connectivity index (χ2n) is 5.30. The number of aryl methyl sites for hydroxylation is 1. The van der Waals surface area contributed by atoms with Crippen LogP contribution in [0.25, 0.3) is 0 Å². The lowest BCUT2D eigenvalue weighted by Gasteiger charge is -2.35. The maximum atomic E-state index is 11.5. The number of carbonyl (C=O) groups is 1. The number of aliphatic hydroxyl groups excluding tert-OH is 1. The van der Waals surface area contributed by atoms with Crippen LogP contribution in [-0.4, -0.2) is 22.3 Å². The van der Waals surface area contributed by atoms with E-state index in [9.17, 15) is 15.0 Å². The molecule has 0 aliphatic heterocycles. The topological polar surface area (TPSA) is 57.5 Å². The molecule has 0 radical (unpaired) electrons. The molecular formula is C15H20O3. The van der Waals surface area contributed by atoms with Gasteiger partial charge in [0, 0.05) is 0 Å². The Balaban J connectivity index is 2.01. The highest BCUT2D eigenvalue weighted by Crippen LogP contribution is 2.40. The number of hydrogen-bond donors (Lipinski definition) is 2. The van der Waals surface area contributed by atoms with Crippen LogP contribution in [0.5, 0.6) is 0 Å². The van der Waals surface area contributed by atoms with Gasteiger partial charge in [0.1, 0.15) is 0 Å². The van der Waals surface area contributed by atoms with Crippen molar-refractivity contribution in [3.63, 3.8) is 0 Å². The molecule has 0 aromatic heterocycles. The molecule has 2 N–H and O–H groups in total. The predicted octanol–water partition coefficient (Wildman–Crippen LogP) is 2.63. The standard InChI is InChI=1S/C15H20O3/c16-13-7-10-15(11-8-13,14(17)18)9-6-12-4-2-1-3-5-12/h1-5,13,16H,6-11H2,(H,17,18). The summed E-state index contributed by atoms with van der Waals surface area (Å²) < 4.78 is 0. The smallest absolute Gasteiger partial charge is 0.309 e. The van der Waals surface area contributed by atoms with Gasteiger partial charge in [0.25, 0.3) is 0 Å². The molecular weight excluding hydrogens is 228 g/mol. The molecule has 18 heavy (non-hydrogen) atoms. The molecule has 1 aliphatic rings. The molecule has 0 atom stereocenters. The average Bonchev–Trinajstić information content (AvgIpc) is 2.39. The molecule has 3 nitrogen and oxygen atoms in total. The number of aliphatic hydroxyl groups is 1. The Morgan fingerprint density at radius 3 is 2.39 bits per heavy atom. The van der Waals surface area contributed by atoms with Crippen molar-refractivity contribution < 1.29 is 15.0 Å². The first kappa shape index (κ1) is 13.1. The minimum Gasteiger partial charge on any atom is -0.481 e. The number of aliphatic carboxylic acids is 1. The number of rotatable bonds is 4. The molecule has 1 aromatic carbocycles. The fourth-order valence-corrected chi connectivity index (χ4v) is 2.75. The third kappa shape index (κ3) is 2.91. The summed E-state index contributed by atoms with van der Waals surface area (Å²) in [5.41, 5.74) is 0.555. The maximum absolute atomic E-state index is 11.5. The third-order valence-corrected chi connectivity index (χ3v) is 4.10. The molecule has 98 valence electrons. The summed E-state index contributed by atoms with van der Waals surface area (Å²) in [6, 6.07) is 9.99. The quantitative estimate of drug-likeness (QED) is 0.861. The van der Waals surface area contributed by atoms with Crippen molar-refractivity contribution in [3.05, 3.63) is 35.9 Å². The van der Waals surface area contributed by atoms with Gasteiger partial charge in [-0.15, -0.1) is 0 Å². The van der Waals surface area contributed by atoms with E-state index in [1.807, 2.05) is 30.3 Å². The van der Waals surface area contributed by atoms with E-state index in [0.717, 1.165) is 6.42 Å². The summed E-state index contributed by atoms with van der Waals surface area (Å²) in [6.07, 6.45) is 3.56. The molecule has 3 heteroatoms. The van der Waals surface area contributed by atoms with Crippen LogP contribution >= 0.6 is 0 Å². The van der Waals surface area contributed by atoms with Gasteiger partial charge in [0.15, 0.2) is 0 Å². The first-order valence-corrected chi connectivity index (χ1v) is 6.58. The molecule has 0 heterocycles. The zero-order valence-electron chi connectivity index (χ0n) is 10.5. The van der Waals surface area contributed by atoms with Crippen molar-refractivity contribution in [1.82, 2.24) is 0 Å². The van der Waals surface area contributed by atoms with Crippen LogP contribution in [-0.2, 0) is 11.2 Å². The summed E-state index contributed by atoms with van der Waals surface area (Å²) in [4.78, 5) is 11.5. The van der Waals surface area contributed by atoms with Gasteiger partial charge in [-0.3, -0.25) is 4.79 Å². The highest BCUT2D eigenvalue weighted by atomic mass is 16.4. The number of carboxylic acid groups (broad SMARTS) is 1. The van der Waals surface area contributed by atoms with Crippen molar-refractivity contribution in [2.45, 2.75) is 44.6 Å². The first-order valence-electron chi connectivity index (χ1n) is 6.58. The van der Waals surface area contributed by atoms with Crippen molar-refractivity contribution >= 4 is 5.97 Å². The Hall–Kier alpha value is -1.35.